The maximum absolute atomic E-state index is 13.3. The van der Waals surface area contributed by atoms with Crippen molar-refractivity contribution < 1.29 is 14.0 Å². The van der Waals surface area contributed by atoms with Gasteiger partial charge in [0.2, 0.25) is 11.8 Å². The molecular weight excluding hydrogens is 431 g/mol. The summed E-state index contributed by atoms with van der Waals surface area (Å²) in [6.07, 6.45) is 1.10. The van der Waals surface area contributed by atoms with Crippen molar-refractivity contribution >= 4 is 34.5 Å². The predicted molar refractivity (Wildman–Crippen MR) is 125 cm³/mol. The zero-order valence-electron chi connectivity index (χ0n) is 17.8. The molecule has 0 saturated carbocycles. The zero-order chi connectivity index (χ0) is 22.2. The molecule has 0 radical (unpaired) electrons. The molecule has 0 atom stereocenters. The van der Waals surface area contributed by atoms with Crippen LogP contribution in [0.25, 0.3) is 0 Å². The Labute approximate surface area is 190 Å². The van der Waals surface area contributed by atoms with Crippen LogP contribution in [0.4, 0.5) is 4.39 Å². The van der Waals surface area contributed by atoms with Crippen molar-refractivity contribution in [2.24, 2.45) is 0 Å². The van der Waals surface area contributed by atoms with Crippen LogP contribution in [0.2, 0.25) is 0 Å². The molecule has 0 aliphatic heterocycles. The van der Waals surface area contributed by atoms with Gasteiger partial charge in [0.1, 0.15) is 5.82 Å². The average molecular weight is 459 g/mol. The Hall–Kier alpha value is -2.51. The monoisotopic (exact) mass is 458 g/mol. The number of carbonyl (C=O) groups is 2. The number of hydrogen-bond donors (Lipinski definition) is 0. The summed E-state index contributed by atoms with van der Waals surface area (Å²) in [6.45, 7) is 5.46. The van der Waals surface area contributed by atoms with Crippen LogP contribution in [-0.2, 0) is 29.1 Å². The van der Waals surface area contributed by atoms with E-state index in [4.69, 9.17) is 0 Å². The Balaban J connectivity index is 1.75. The lowest BCUT2D eigenvalue weighted by atomic mass is 10.2. The summed E-state index contributed by atoms with van der Waals surface area (Å²) in [5, 5.41) is 3.96. The fourth-order valence-electron chi connectivity index (χ4n) is 3.28. The van der Waals surface area contributed by atoms with E-state index in [1.165, 1.54) is 12.1 Å². The molecule has 0 aliphatic rings. The van der Waals surface area contributed by atoms with Gasteiger partial charge in [-0.25, -0.2) is 4.39 Å². The molecule has 0 unspecified atom stereocenters. The Bertz CT molecular complexity index is 983. The SMILES string of the molecule is CCCN(CC(=O)N(Cc1ccc(F)cc1)Cc1sccc1C)C(=O)Cc1cccs1. The summed E-state index contributed by atoms with van der Waals surface area (Å²) in [5.41, 5.74) is 2.00. The van der Waals surface area contributed by atoms with Gasteiger partial charge in [0.05, 0.1) is 19.5 Å². The van der Waals surface area contributed by atoms with Crippen LogP contribution >= 0.6 is 22.7 Å². The van der Waals surface area contributed by atoms with Gasteiger partial charge < -0.3 is 9.80 Å². The largest absolute Gasteiger partial charge is 0.333 e. The van der Waals surface area contributed by atoms with Crippen LogP contribution in [0, 0.1) is 12.7 Å². The van der Waals surface area contributed by atoms with Crippen LogP contribution in [0.15, 0.2) is 53.2 Å². The smallest absolute Gasteiger partial charge is 0.242 e. The minimum atomic E-state index is -0.302. The number of aryl methyl sites for hydroxylation is 1. The van der Waals surface area contributed by atoms with Gasteiger partial charge in [-0.3, -0.25) is 9.59 Å². The van der Waals surface area contributed by atoms with E-state index >= 15 is 0 Å². The lowest BCUT2D eigenvalue weighted by molar-refractivity contribution is -0.140. The van der Waals surface area contributed by atoms with Crippen LogP contribution < -0.4 is 0 Å². The summed E-state index contributed by atoms with van der Waals surface area (Å²) in [7, 11) is 0. The van der Waals surface area contributed by atoms with Crippen LogP contribution in [0.3, 0.4) is 0 Å². The van der Waals surface area contributed by atoms with Crippen molar-refractivity contribution in [3.05, 3.63) is 79.9 Å². The summed E-state index contributed by atoms with van der Waals surface area (Å²) in [5.74, 6) is -0.444. The highest BCUT2D eigenvalue weighted by Gasteiger charge is 2.22. The second-order valence-electron chi connectivity index (χ2n) is 7.47. The highest BCUT2D eigenvalue weighted by atomic mass is 32.1. The molecule has 0 fully saturated rings. The second kappa shape index (κ2) is 11.2. The van der Waals surface area contributed by atoms with E-state index in [9.17, 15) is 14.0 Å². The van der Waals surface area contributed by atoms with Crippen molar-refractivity contribution in [2.45, 2.75) is 39.8 Å². The highest BCUT2D eigenvalue weighted by Crippen LogP contribution is 2.20. The van der Waals surface area contributed by atoms with Gasteiger partial charge in [0.25, 0.3) is 0 Å². The van der Waals surface area contributed by atoms with E-state index in [2.05, 4.69) is 0 Å². The first kappa shape index (κ1) is 23.2. The molecule has 1 aromatic carbocycles. The third kappa shape index (κ3) is 6.74. The number of rotatable bonds is 10. The summed E-state index contributed by atoms with van der Waals surface area (Å²) in [4.78, 5) is 31.7. The molecule has 164 valence electrons. The van der Waals surface area contributed by atoms with Gasteiger partial charge in [0, 0.05) is 22.8 Å². The molecule has 31 heavy (non-hydrogen) atoms. The molecule has 4 nitrogen and oxygen atoms in total. The average Bonchev–Trinajstić information content (AvgIpc) is 3.40. The van der Waals surface area contributed by atoms with E-state index in [0.717, 1.165) is 27.3 Å². The number of hydrogen-bond acceptors (Lipinski definition) is 4. The number of carbonyl (C=O) groups excluding carboxylic acids is 2. The molecular formula is C24H27FN2O2S2. The Morgan fingerprint density at radius 3 is 2.32 bits per heavy atom. The zero-order valence-corrected chi connectivity index (χ0v) is 19.5. The lowest BCUT2D eigenvalue weighted by Crippen LogP contribution is -2.43. The van der Waals surface area contributed by atoms with Gasteiger partial charge in [-0.2, -0.15) is 0 Å². The van der Waals surface area contributed by atoms with Gasteiger partial charge in [-0.15, -0.1) is 22.7 Å². The molecule has 0 N–H and O–H groups in total. The highest BCUT2D eigenvalue weighted by molar-refractivity contribution is 7.10. The van der Waals surface area contributed by atoms with Crippen molar-refractivity contribution in [1.82, 2.24) is 9.80 Å². The van der Waals surface area contributed by atoms with Crippen LogP contribution in [0.5, 0.6) is 0 Å². The molecule has 0 saturated heterocycles. The minimum Gasteiger partial charge on any atom is -0.333 e. The fraction of sp³-hybridized carbons (Fsp3) is 0.333. The molecule has 2 aromatic heterocycles. The Morgan fingerprint density at radius 1 is 0.935 bits per heavy atom. The molecule has 0 spiro atoms. The van der Waals surface area contributed by atoms with Gasteiger partial charge >= 0.3 is 0 Å². The Kier molecular flexibility index (Phi) is 8.37. The maximum Gasteiger partial charge on any atom is 0.242 e. The minimum absolute atomic E-state index is 0.0355. The number of benzene rings is 1. The number of amides is 2. The second-order valence-corrected chi connectivity index (χ2v) is 9.51. The normalized spacial score (nSPS) is 10.8. The van der Waals surface area contributed by atoms with E-state index in [1.807, 2.05) is 42.8 Å². The summed E-state index contributed by atoms with van der Waals surface area (Å²) in [6, 6.07) is 12.1. The quantitative estimate of drug-likeness (QED) is 0.415. The standard InChI is InChI=1S/C24H27FN2O2S2/c1-3-11-26(23(28)14-21-5-4-12-30-21)17-24(29)27(16-22-18(2)10-13-31-22)15-19-6-8-20(25)9-7-19/h4-10,12-13H,3,11,14-17H2,1-2H3. The van der Waals surface area contributed by atoms with E-state index in [0.29, 0.717) is 26.1 Å². The van der Waals surface area contributed by atoms with Gasteiger partial charge in [-0.05, 0) is 59.5 Å². The van der Waals surface area contributed by atoms with Crippen molar-refractivity contribution in [3.8, 4) is 0 Å². The maximum atomic E-state index is 13.3. The summed E-state index contributed by atoms with van der Waals surface area (Å²) >= 11 is 3.16. The topological polar surface area (TPSA) is 40.6 Å². The first-order valence-electron chi connectivity index (χ1n) is 10.3. The third-order valence-corrected chi connectivity index (χ3v) is 6.90. The molecule has 2 heterocycles. The number of halogens is 1. The molecule has 3 rings (SSSR count). The van der Waals surface area contributed by atoms with E-state index in [-0.39, 0.29) is 24.2 Å². The van der Waals surface area contributed by atoms with E-state index < -0.39 is 0 Å². The van der Waals surface area contributed by atoms with Crippen molar-refractivity contribution in [2.75, 3.05) is 13.1 Å². The fourth-order valence-corrected chi connectivity index (χ4v) is 4.90. The van der Waals surface area contributed by atoms with Crippen molar-refractivity contribution in [1.29, 1.82) is 0 Å². The molecule has 7 heteroatoms. The van der Waals surface area contributed by atoms with Gasteiger partial charge in [-0.1, -0.05) is 25.1 Å². The first-order valence-corrected chi connectivity index (χ1v) is 12.1. The Morgan fingerprint density at radius 2 is 1.71 bits per heavy atom. The summed E-state index contributed by atoms with van der Waals surface area (Å²) < 4.78 is 13.3. The molecule has 3 aromatic rings. The van der Waals surface area contributed by atoms with E-state index in [1.54, 1.807) is 44.6 Å². The number of nitrogens with zero attached hydrogens (tertiary/aromatic N) is 2. The predicted octanol–water partition coefficient (Wildman–Crippen LogP) is 5.27. The first-order chi connectivity index (χ1) is 15.0. The van der Waals surface area contributed by atoms with Crippen LogP contribution in [-0.4, -0.2) is 34.7 Å². The molecule has 0 aliphatic carbocycles. The molecule has 0 bridgehead atoms. The van der Waals surface area contributed by atoms with Crippen LogP contribution in [0.1, 0.15) is 34.2 Å². The third-order valence-electron chi connectivity index (χ3n) is 5.02. The number of thiophene rings is 2. The molecule has 2 amide bonds. The van der Waals surface area contributed by atoms with Gasteiger partial charge in [0.15, 0.2) is 0 Å². The van der Waals surface area contributed by atoms with Crippen molar-refractivity contribution in [3.63, 3.8) is 0 Å². The lowest BCUT2D eigenvalue weighted by Gasteiger charge is -2.28.